The summed E-state index contributed by atoms with van der Waals surface area (Å²) in [7, 11) is 1.64. The highest BCUT2D eigenvalue weighted by molar-refractivity contribution is 6.35. The van der Waals surface area contributed by atoms with Crippen LogP contribution in [0.25, 0.3) is 0 Å². The zero-order valence-electron chi connectivity index (χ0n) is 16.9. The van der Waals surface area contributed by atoms with E-state index in [0.29, 0.717) is 44.3 Å². The monoisotopic (exact) mass is 411 g/mol. The molecule has 1 fully saturated rings. The minimum atomic E-state index is -0.622. The van der Waals surface area contributed by atoms with Crippen LogP contribution in [0.2, 0.25) is 0 Å². The molecule has 1 N–H and O–H groups in total. The Morgan fingerprint density at radius 2 is 1.73 bits per heavy atom. The largest absolute Gasteiger partial charge is 0.495 e. The number of benzene rings is 2. The number of ether oxygens (including phenoxy) is 3. The Bertz CT molecular complexity index is 911. The van der Waals surface area contributed by atoms with Crippen molar-refractivity contribution in [3.8, 4) is 17.2 Å². The third-order valence-electron chi connectivity index (χ3n) is 5.24. The molecule has 0 bridgehead atoms. The average Bonchev–Trinajstić information content (AvgIpc) is 2.82. The zero-order valence-corrected chi connectivity index (χ0v) is 16.9. The van der Waals surface area contributed by atoms with Gasteiger partial charge in [0.25, 0.3) is 0 Å². The van der Waals surface area contributed by atoms with E-state index in [0.717, 1.165) is 11.4 Å². The smallest absolute Gasteiger partial charge is 0.312 e. The first kappa shape index (κ1) is 19.9. The second kappa shape index (κ2) is 8.94. The highest BCUT2D eigenvalue weighted by Crippen LogP contribution is 2.31. The van der Waals surface area contributed by atoms with Crippen LogP contribution in [0, 0.1) is 0 Å². The molecule has 1 atom stereocenters. The molecule has 1 saturated heterocycles. The van der Waals surface area contributed by atoms with Crippen molar-refractivity contribution in [1.29, 1.82) is 0 Å². The van der Waals surface area contributed by atoms with Gasteiger partial charge in [0.2, 0.25) is 0 Å². The Hall–Kier alpha value is -3.42. The summed E-state index contributed by atoms with van der Waals surface area (Å²) in [6, 6.07) is 15.2. The number of fused-ring (bicyclic) bond motifs is 1. The molecule has 2 amide bonds. The van der Waals surface area contributed by atoms with Gasteiger partial charge >= 0.3 is 11.8 Å². The number of anilines is 1. The molecule has 2 aromatic rings. The summed E-state index contributed by atoms with van der Waals surface area (Å²) in [6.45, 7) is 2.75. The normalized spacial score (nSPS) is 18.0. The van der Waals surface area contributed by atoms with Crippen LogP contribution in [0.1, 0.15) is 0 Å². The molecule has 2 aliphatic rings. The first-order chi connectivity index (χ1) is 14.7. The third kappa shape index (κ3) is 4.27. The molecule has 2 aliphatic heterocycles. The van der Waals surface area contributed by atoms with Gasteiger partial charge in [-0.15, -0.1) is 0 Å². The minimum Gasteiger partial charge on any atom is -0.495 e. The summed E-state index contributed by atoms with van der Waals surface area (Å²) in [5.74, 6) is 0.979. The van der Waals surface area contributed by atoms with E-state index >= 15 is 0 Å². The zero-order chi connectivity index (χ0) is 20.9. The van der Waals surface area contributed by atoms with E-state index < -0.39 is 11.8 Å². The number of para-hydroxylation sites is 4. The van der Waals surface area contributed by atoms with Gasteiger partial charge in [0.05, 0.1) is 19.3 Å². The maximum Gasteiger partial charge on any atom is 0.312 e. The molecule has 2 aromatic carbocycles. The van der Waals surface area contributed by atoms with Crippen molar-refractivity contribution in [2.75, 3.05) is 51.3 Å². The van der Waals surface area contributed by atoms with Crippen LogP contribution in [0.4, 0.5) is 5.69 Å². The van der Waals surface area contributed by atoms with E-state index in [-0.39, 0.29) is 12.6 Å². The van der Waals surface area contributed by atoms with Crippen LogP contribution in [0.3, 0.4) is 0 Å². The van der Waals surface area contributed by atoms with Gasteiger partial charge in [-0.1, -0.05) is 24.3 Å². The minimum absolute atomic E-state index is 0.208. The molecule has 30 heavy (non-hydrogen) atoms. The van der Waals surface area contributed by atoms with Crippen molar-refractivity contribution in [1.82, 2.24) is 10.2 Å². The lowest BCUT2D eigenvalue weighted by atomic mass is 10.2. The Kier molecular flexibility index (Phi) is 5.92. The lowest BCUT2D eigenvalue weighted by Crippen LogP contribution is -2.53. The van der Waals surface area contributed by atoms with Crippen molar-refractivity contribution >= 4 is 17.5 Å². The number of carbonyl (C=O) groups excluding carboxylic acids is 2. The quantitative estimate of drug-likeness (QED) is 0.764. The standard InChI is InChI=1S/C22H25N3O5/c1-28-18-7-3-2-6-17(18)24-10-12-25(13-11-24)22(27)21(26)23-14-16-15-29-19-8-4-5-9-20(19)30-16/h2-9,16H,10-15H2,1H3,(H,23,26). The van der Waals surface area contributed by atoms with Crippen molar-refractivity contribution < 1.29 is 23.8 Å². The Balaban J connectivity index is 1.26. The number of hydrogen-bond donors (Lipinski definition) is 1. The van der Waals surface area contributed by atoms with Gasteiger partial charge in [-0.3, -0.25) is 9.59 Å². The summed E-state index contributed by atoms with van der Waals surface area (Å²) in [5, 5.41) is 2.67. The molecule has 158 valence electrons. The molecule has 0 aromatic heterocycles. The fraction of sp³-hybridized carbons (Fsp3) is 0.364. The van der Waals surface area contributed by atoms with Crippen LogP contribution in [0.5, 0.6) is 17.2 Å². The van der Waals surface area contributed by atoms with Crippen LogP contribution in [0.15, 0.2) is 48.5 Å². The molecular formula is C22H25N3O5. The van der Waals surface area contributed by atoms with Crippen molar-refractivity contribution in [3.63, 3.8) is 0 Å². The molecule has 8 nitrogen and oxygen atoms in total. The second-order valence-electron chi connectivity index (χ2n) is 7.16. The number of piperazine rings is 1. The molecule has 0 aliphatic carbocycles. The fourth-order valence-electron chi connectivity index (χ4n) is 3.63. The Labute approximate surface area is 175 Å². The summed E-state index contributed by atoms with van der Waals surface area (Å²) in [5.41, 5.74) is 0.992. The lowest BCUT2D eigenvalue weighted by Gasteiger charge is -2.36. The number of nitrogens with one attached hydrogen (secondary N) is 1. The first-order valence-corrected chi connectivity index (χ1v) is 9.99. The highest BCUT2D eigenvalue weighted by atomic mass is 16.6. The van der Waals surface area contributed by atoms with E-state index in [9.17, 15) is 9.59 Å². The molecule has 0 radical (unpaired) electrons. The van der Waals surface area contributed by atoms with Gasteiger partial charge in [-0.05, 0) is 24.3 Å². The molecule has 0 saturated carbocycles. The van der Waals surface area contributed by atoms with Gasteiger partial charge in [0.1, 0.15) is 18.5 Å². The molecule has 8 heteroatoms. The maximum absolute atomic E-state index is 12.5. The topological polar surface area (TPSA) is 80.3 Å². The SMILES string of the molecule is COc1ccccc1N1CCN(C(=O)C(=O)NCC2COc3ccccc3O2)CC1. The fourth-order valence-corrected chi connectivity index (χ4v) is 3.63. The van der Waals surface area contributed by atoms with Gasteiger partial charge in [0.15, 0.2) is 11.5 Å². The number of amides is 2. The van der Waals surface area contributed by atoms with E-state index in [1.165, 1.54) is 0 Å². The van der Waals surface area contributed by atoms with Gasteiger partial charge < -0.3 is 29.3 Å². The van der Waals surface area contributed by atoms with Crippen LogP contribution >= 0.6 is 0 Å². The molecule has 4 rings (SSSR count). The van der Waals surface area contributed by atoms with Crippen molar-refractivity contribution in [2.24, 2.45) is 0 Å². The Morgan fingerprint density at radius 1 is 1.03 bits per heavy atom. The van der Waals surface area contributed by atoms with E-state index in [4.69, 9.17) is 14.2 Å². The van der Waals surface area contributed by atoms with Gasteiger partial charge in [-0.25, -0.2) is 0 Å². The highest BCUT2D eigenvalue weighted by Gasteiger charge is 2.28. The number of hydrogen-bond acceptors (Lipinski definition) is 6. The van der Waals surface area contributed by atoms with Crippen LogP contribution in [-0.4, -0.2) is 69.3 Å². The number of nitrogens with zero attached hydrogens (tertiary/aromatic N) is 2. The third-order valence-corrected chi connectivity index (χ3v) is 5.24. The Morgan fingerprint density at radius 3 is 2.50 bits per heavy atom. The van der Waals surface area contributed by atoms with E-state index in [2.05, 4.69) is 10.2 Å². The van der Waals surface area contributed by atoms with E-state index in [1.54, 1.807) is 12.0 Å². The first-order valence-electron chi connectivity index (χ1n) is 9.99. The summed E-state index contributed by atoms with van der Waals surface area (Å²) in [4.78, 5) is 28.6. The molecule has 1 unspecified atom stereocenters. The van der Waals surface area contributed by atoms with Gasteiger partial charge in [-0.2, -0.15) is 0 Å². The molecule has 2 heterocycles. The summed E-state index contributed by atoms with van der Waals surface area (Å²) < 4.78 is 16.9. The van der Waals surface area contributed by atoms with E-state index in [1.807, 2.05) is 48.5 Å². The molecule has 0 spiro atoms. The molecular weight excluding hydrogens is 386 g/mol. The van der Waals surface area contributed by atoms with Crippen molar-refractivity contribution in [2.45, 2.75) is 6.10 Å². The lowest BCUT2D eigenvalue weighted by molar-refractivity contribution is -0.146. The number of carbonyl (C=O) groups is 2. The van der Waals surface area contributed by atoms with Crippen molar-refractivity contribution in [3.05, 3.63) is 48.5 Å². The number of methoxy groups -OCH3 is 1. The van der Waals surface area contributed by atoms with Crippen LogP contribution in [-0.2, 0) is 9.59 Å². The summed E-state index contributed by atoms with van der Waals surface area (Å²) >= 11 is 0. The summed E-state index contributed by atoms with van der Waals surface area (Å²) in [6.07, 6.45) is -0.334. The maximum atomic E-state index is 12.5. The predicted molar refractivity (Wildman–Crippen MR) is 111 cm³/mol. The number of rotatable bonds is 4. The second-order valence-corrected chi connectivity index (χ2v) is 7.16. The van der Waals surface area contributed by atoms with Gasteiger partial charge in [0, 0.05) is 26.2 Å². The van der Waals surface area contributed by atoms with Crippen LogP contribution < -0.4 is 24.4 Å². The average molecular weight is 411 g/mol. The predicted octanol–water partition coefficient (Wildman–Crippen LogP) is 1.30.